The van der Waals surface area contributed by atoms with Crippen LogP contribution in [0, 0.1) is 0 Å². The van der Waals surface area contributed by atoms with Crippen molar-refractivity contribution in [3.63, 3.8) is 0 Å². The van der Waals surface area contributed by atoms with Crippen LogP contribution in [-0.2, 0) is 6.54 Å². The van der Waals surface area contributed by atoms with Gasteiger partial charge in [-0.15, -0.1) is 0 Å². The van der Waals surface area contributed by atoms with Crippen LogP contribution in [0.2, 0.25) is 0 Å². The van der Waals surface area contributed by atoms with Gasteiger partial charge in [-0.3, -0.25) is 9.80 Å². The quantitative estimate of drug-likeness (QED) is 0.849. The van der Waals surface area contributed by atoms with Gasteiger partial charge in [0.15, 0.2) is 0 Å². The van der Waals surface area contributed by atoms with E-state index in [9.17, 15) is 0 Å². The van der Waals surface area contributed by atoms with Crippen molar-refractivity contribution in [3.8, 4) is 0 Å². The first kappa shape index (κ1) is 14.5. The van der Waals surface area contributed by atoms with E-state index in [4.69, 9.17) is 5.73 Å². The Morgan fingerprint density at radius 2 is 2.05 bits per heavy atom. The van der Waals surface area contributed by atoms with E-state index in [2.05, 4.69) is 54.0 Å². The summed E-state index contributed by atoms with van der Waals surface area (Å²) in [5.74, 6) is 0. The Hall–Kier alpha value is -0.900. The number of rotatable bonds is 6. The summed E-state index contributed by atoms with van der Waals surface area (Å²) in [7, 11) is 0. The van der Waals surface area contributed by atoms with E-state index in [1.165, 1.54) is 25.1 Å². The van der Waals surface area contributed by atoms with Crippen LogP contribution in [0.1, 0.15) is 25.8 Å². The second-order valence-corrected chi connectivity index (χ2v) is 5.78. The molecule has 1 aromatic carbocycles. The van der Waals surface area contributed by atoms with Gasteiger partial charge in [-0.25, -0.2) is 0 Å². The van der Waals surface area contributed by atoms with Gasteiger partial charge in [0.05, 0.1) is 0 Å². The molecule has 1 heterocycles. The lowest BCUT2D eigenvalue weighted by atomic mass is 10.1. The minimum atomic E-state index is 0.588. The SMILES string of the molecule is CC(C)N(CCN)[C@H]1CCN(Cc2ccccc2)C1. The maximum atomic E-state index is 5.74. The highest BCUT2D eigenvalue weighted by atomic mass is 15.3. The molecule has 0 aliphatic carbocycles. The molecule has 3 nitrogen and oxygen atoms in total. The van der Waals surface area contributed by atoms with Gasteiger partial charge in [-0.1, -0.05) is 30.3 Å². The van der Waals surface area contributed by atoms with Crippen molar-refractivity contribution in [1.82, 2.24) is 9.80 Å². The fraction of sp³-hybridized carbons (Fsp3) is 0.625. The third kappa shape index (κ3) is 4.03. The lowest BCUT2D eigenvalue weighted by Gasteiger charge is -2.32. The molecule has 106 valence electrons. The highest BCUT2D eigenvalue weighted by Gasteiger charge is 2.28. The summed E-state index contributed by atoms with van der Waals surface area (Å²) in [6, 6.07) is 12.0. The molecule has 2 rings (SSSR count). The van der Waals surface area contributed by atoms with Crippen molar-refractivity contribution in [1.29, 1.82) is 0 Å². The fourth-order valence-corrected chi connectivity index (χ4v) is 3.08. The Morgan fingerprint density at radius 1 is 1.32 bits per heavy atom. The number of benzene rings is 1. The molecule has 0 radical (unpaired) electrons. The molecule has 0 bridgehead atoms. The van der Waals surface area contributed by atoms with E-state index in [1.54, 1.807) is 0 Å². The molecule has 1 aliphatic rings. The summed E-state index contributed by atoms with van der Waals surface area (Å²) in [6.07, 6.45) is 1.27. The largest absolute Gasteiger partial charge is 0.329 e. The Morgan fingerprint density at radius 3 is 2.68 bits per heavy atom. The molecule has 1 atom stereocenters. The van der Waals surface area contributed by atoms with Crippen molar-refractivity contribution in [2.24, 2.45) is 5.73 Å². The minimum Gasteiger partial charge on any atom is -0.329 e. The lowest BCUT2D eigenvalue weighted by molar-refractivity contribution is 0.156. The molecule has 1 fully saturated rings. The van der Waals surface area contributed by atoms with E-state index in [0.717, 1.165) is 19.6 Å². The first-order chi connectivity index (χ1) is 9.20. The molecular formula is C16H27N3. The van der Waals surface area contributed by atoms with E-state index in [0.29, 0.717) is 12.1 Å². The van der Waals surface area contributed by atoms with E-state index in [1.807, 2.05) is 0 Å². The minimum absolute atomic E-state index is 0.588. The number of hydrogen-bond donors (Lipinski definition) is 1. The van der Waals surface area contributed by atoms with E-state index >= 15 is 0 Å². The Labute approximate surface area is 117 Å². The maximum Gasteiger partial charge on any atom is 0.0238 e. The maximum absolute atomic E-state index is 5.74. The highest BCUT2D eigenvalue weighted by molar-refractivity contribution is 5.14. The standard InChI is InChI=1S/C16H27N3/c1-14(2)19(11-9-17)16-8-10-18(13-16)12-15-6-4-3-5-7-15/h3-7,14,16H,8-13,17H2,1-2H3/t16-/m0/s1. The summed E-state index contributed by atoms with van der Waals surface area (Å²) in [5, 5.41) is 0. The number of nitrogens with zero attached hydrogens (tertiary/aromatic N) is 2. The van der Waals surface area contributed by atoms with Gasteiger partial charge in [-0.05, 0) is 25.8 Å². The molecular weight excluding hydrogens is 234 g/mol. The van der Waals surface area contributed by atoms with Gasteiger partial charge in [0, 0.05) is 44.8 Å². The van der Waals surface area contributed by atoms with E-state index < -0.39 is 0 Å². The summed E-state index contributed by atoms with van der Waals surface area (Å²) >= 11 is 0. The van der Waals surface area contributed by atoms with Crippen molar-refractivity contribution in [2.75, 3.05) is 26.2 Å². The van der Waals surface area contributed by atoms with Gasteiger partial charge < -0.3 is 5.73 Å². The topological polar surface area (TPSA) is 32.5 Å². The normalized spacial score (nSPS) is 20.6. The lowest BCUT2D eigenvalue weighted by Crippen LogP contribution is -2.44. The van der Waals surface area contributed by atoms with Crippen molar-refractivity contribution >= 4 is 0 Å². The van der Waals surface area contributed by atoms with Crippen LogP contribution >= 0.6 is 0 Å². The third-order valence-corrected chi connectivity index (χ3v) is 4.02. The van der Waals surface area contributed by atoms with Crippen molar-refractivity contribution in [2.45, 2.75) is 38.9 Å². The zero-order chi connectivity index (χ0) is 13.7. The zero-order valence-electron chi connectivity index (χ0n) is 12.3. The van der Waals surface area contributed by atoms with Gasteiger partial charge in [0.1, 0.15) is 0 Å². The predicted octanol–water partition coefficient (Wildman–Crippen LogP) is 1.93. The summed E-state index contributed by atoms with van der Waals surface area (Å²) in [5.41, 5.74) is 7.15. The van der Waals surface area contributed by atoms with Gasteiger partial charge >= 0.3 is 0 Å². The van der Waals surface area contributed by atoms with Crippen molar-refractivity contribution in [3.05, 3.63) is 35.9 Å². The second-order valence-electron chi connectivity index (χ2n) is 5.78. The summed E-state index contributed by atoms with van der Waals surface area (Å²) in [6.45, 7) is 9.77. The molecule has 1 aliphatic heterocycles. The van der Waals surface area contributed by atoms with Gasteiger partial charge in [0.25, 0.3) is 0 Å². The van der Waals surface area contributed by atoms with Crippen LogP contribution in [0.3, 0.4) is 0 Å². The molecule has 3 heteroatoms. The average molecular weight is 261 g/mol. The van der Waals surface area contributed by atoms with Crippen molar-refractivity contribution < 1.29 is 0 Å². The summed E-state index contributed by atoms with van der Waals surface area (Å²) < 4.78 is 0. The Bertz CT molecular complexity index is 364. The smallest absolute Gasteiger partial charge is 0.0238 e. The Balaban J connectivity index is 1.88. The molecule has 0 spiro atoms. The monoisotopic (exact) mass is 261 g/mol. The van der Waals surface area contributed by atoms with Crippen LogP contribution in [0.15, 0.2) is 30.3 Å². The molecule has 19 heavy (non-hydrogen) atoms. The zero-order valence-corrected chi connectivity index (χ0v) is 12.3. The molecule has 0 aromatic heterocycles. The first-order valence-corrected chi connectivity index (χ1v) is 7.42. The summed E-state index contributed by atoms with van der Waals surface area (Å²) in [4.78, 5) is 5.12. The Kier molecular flexibility index (Phi) is 5.37. The fourth-order valence-electron chi connectivity index (χ4n) is 3.08. The van der Waals surface area contributed by atoms with Crippen LogP contribution in [-0.4, -0.2) is 48.1 Å². The van der Waals surface area contributed by atoms with Gasteiger partial charge in [0.2, 0.25) is 0 Å². The van der Waals surface area contributed by atoms with Crippen LogP contribution in [0.4, 0.5) is 0 Å². The van der Waals surface area contributed by atoms with Gasteiger partial charge in [-0.2, -0.15) is 0 Å². The molecule has 0 saturated carbocycles. The first-order valence-electron chi connectivity index (χ1n) is 7.42. The van der Waals surface area contributed by atoms with Crippen LogP contribution in [0.25, 0.3) is 0 Å². The molecule has 1 aromatic rings. The van der Waals surface area contributed by atoms with Crippen LogP contribution < -0.4 is 5.73 Å². The third-order valence-electron chi connectivity index (χ3n) is 4.02. The highest BCUT2D eigenvalue weighted by Crippen LogP contribution is 2.19. The molecule has 0 unspecified atom stereocenters. The average Bonchev–Trinajstić information content (AvgIpc) is 2.85. The van der Waals surface area contributed by atoms with E-state index in [-0.39, 0.29) is 0 Å². The second kappa shape index (κ2) is 7.04. The molecule has 0 amide bonds. The molecule has 1 saturated heterocycles. The predicted molar refractivity (Wildman–Crippen MR) is 81.0 cm³/mol. The number of hydrogen-bond acceptors (Lipinski definition) is 3. The molecule has 2 N–H and O–H groups in total. The number of nitrogens with two attached hydrogens (primary N) is 1. The number of likely N-dealkylation sites (tertiary alicyclic amines) is 1. The van der Waals surface area contributed by atoms with Crippen LogP contribution in [0.5, 0.6) is 0 Å².